The van der Waals surface area contributed by atoms with Crippen molar-refractivity contribution in [1.82, 2.24) is 4.98 Å². The first-order chi connectivity index (χ1) is 16.7. The highest BCUT2D eigenvalue weighted by atomic mass is 32.2. The van der Waals surface area contributed by atoms with Gasteiger partial charge in [-0.15, -0.1) is 23.1 Å². The van der Waals surface area contributed by atoms with Crippen LogP contribution in [-0.2, 0) is 15.8 Å². The Morgan fingerprint density at radius 3 is 2.49 bits per heavy atom. The number of rotatable bonds is 2. The number of amides is 2. The zero-order chi connectivity index (χ0) is 24.2. The van der Waals surface area contributed by atoms with Gasteiger partial charge in [0.1, 0.15) is 0 Å². The molecule has 2 saturated carbocycles. The smallest absolute Gasteiger partial charge is 0.307 e. The van der Waals surface area contributed by atoms with Crippen molar-refractivity contribution < 1.29 is 22.8 Å². The summed E-state index contributed by atoms with van der Waals surface area (Å²) in [6, 6.07) is 8.48. The number of aromatic nitrogens is 1. The number of nitrogens with one attached hydrogen (secondary N) is 1. The van der Waals surface area contributed by atoms with Crippen molar-refractivity contribution in [2.75, 3.05) is 4.90 Å². The van der Waals surface area contributed by atoms with E-state index in [-0.39, 0.29) is 39.5 Å². The maximum Gasteiger partial charge on any atom is 0.416 e. The van der Waals surface area contributed by atoms with Gasteiger partial charge in [-0.1, -0.05) is 23.5 Å². The number of thiophene rings is 1. The molecule has 11 heteroatoms. The molecule has 1 aromatic carbocycles. The quantitative estimate of drug-likeness (QED) is 0.459. The normalized spacial score (nSPS) is 33.2. The van der Waals surface area contributed by atoms with E-state index in [1.807, 2.05) is 11.4 Å². The number of nitrogens with zero attached hydrogens (tertiary/aromatic N) is 1. The van der Waals surface area contributed by atoms with Gasteiger partial charge >= 0.3 is 11.0 Å². The number of hydrogen-bond donors (Lipinski definition) is 1. The van der Waals surface area contributed by atoms with Gasteiger partial charge in [0.05, 0.1) is 28.1 Å². The fraction of sp³-hybridized carbons (Fsp3) is 0.375. The molecule has 1 saturated heterocycles. The molecule has 2 amide bonds. The number of fused-ring (bicyclic) bond motifs is 9. The Hall–Kier alpha value is -2.37. The molecule has 4 aliphatic rings. The SMILES string of the molecule is O=C1[C@H]2[C@@H]3C[C@H]([C@@H]2C(=O)N1c1cccc(C(F)(F)F)c1)[C@H]1[C@H](c2cccs2)c2sc(=O)[nH]c2S[C@H]31. The Kier molecular flexibility index (Phi) is 4.58. The first-order valence-corrected chi connectivity index (χ1v) is 13.8. The van der Waals surface area contributed by atoms with Crippen molar-refractivity contribution >= 4 is 51.9 Å². The predicted molar refractivity (Wildman–Crippen MR) is 127 cm³/mol. The molecule has 7 rings (SSSR count). The van der Waals surface area contributed by atoms with Gasteiger partial charge in [-0.2, -0.15) is 13.2 Å². The number of anilines is 1. The summed E-state index contributed by atoms with van der Waals surface area (Å²) in [5.41, 5.74) is -0.900. The van der Waals surface area contributed by atoms with Crippen LogP contribution in [0.1, 0.15) is 27.7 Å². The van der Waals surface area contributed by atoms with Crippen LogP contribution in [0.4, 0.5) is 18.9 Å². The van der Waals surface area contributed by atoms with E-state index in [2.05, 4.69) is 11.1 Å². The standard InChI is InChI=1S/C24H17F3N2O3S3/c25-24(26,27)9-3-1-4-10(7-9)29-21(30)15-11-8-12(16(15)22(29)31)18-14(11)17(13-5-2-6-33-13)19-20(34-18)28-23(32)35-19/h1-7,11-12,14-18H,8H2,(H,28,32)/t11-,12-,14-,15-,16-,17-,18+/m0/s1. The number of thioether (sulfide) groups is 1. The number of halogens is 3. The van der Waals surface area contributed by atoms with Gasteiger partial charge in [0.2, 0.25) is 11.8 Å². The summed E-state index contributed by atoms with van der Waals surface area (Å²) in [5, 5.41) is 2.90. The number of aromatic amines is 1. The second-order valence-electron chi connectivity index (χ2n) is 9.54. The van der Waals surface area contributed by atoms with E-state index in [1.165, 1.54) is 23.5 Å². The fourth-order valence-corrected chi connectivity index (χ4v) is 10.7. The zero-order valence-electron chi connectivity index (χ0n) is 17.8. The van der Waals surface area contributed by atoms with E-state index >= 15 is 0 Å². The molecule has 1 N–H and O–H groups in total. The Balaban J connectivity index is 1.30. The first kappa shape index (κ1) is 21.9. The summed E-state index contributed by atoms with van der Waals surface area (Å²) in [7, 11) is 0. The first-order valence-electron chi connectivity index (χ1n) is 11.2. The van der Waals surface area contributed by atoms with Crippen molar-refractivity contribution in [3.8, 4) is 0 Å². The summed E-state index contributed by atoms with van der Waals surface area (Å²) in [5.74, 6) is -1.94. The molecule has 3 fully saturated rings. The highest BCUT2D eigenvalue weighted by Gasteiger charge is 2.69. The number of carbonyl (C=O) groups excluding carboxylic acids is 2. The highest BCUT2D eigenvalue weighted by Crippen LogP contribution is 2.69. The predicted octanol–water partition coefficient (Wildman–Crippen LogP) is 5.19. The largest absolute Gasteiger partial charge is 0.416 e. The van der Waals surface area contributed by atoms with E-state index in [4.69, 9.17) is 0 Å². The van der Waals surface area contributed by atoms with Crippen LogP contribution in [0.2, 0.25) is 0 Å². The molecule has 2 bridgehead atoms. The summed E-state index contributed by atoms with van der Waals surface area (Å²) in [6.45, 7) is 0. The van der Waals surface area contributed by atoms with E-state index in [0.29, 0.717) is 0 Å². The van der Waals surface area contributed by atoms with Crippen molar-refractivity contribution in [3.05, 3.63) is 66.8 Å². The van der Waals surface area contributed by atoms with Crippen LogP contribution in [0.15, 0.2) is 51.6 Å². The van der Waals surface area contributed by atoms with Crippen molar-refractivity contribution in [2.24, 2.45) is 29.6 Å². The maximum absolute atomic E-state index is 13.6. The molecule has 2 aliphatic carbocycles. The van der Waals surface area contributed by atoms with Gasteiger partial charge in [0.15, 0.2) is 0 Å². The fourth-order valence-electron chi connectivity index (χ4n) is 6.88. The monoisotopic (exact) mass is 534 g/mol. The molecular formula is C24H17F3N2O3S3. The second-order valence-corrected chi connectivity index (χ2v) is 12.7. The lowest BCUT2D eigenvalue weighted by Crippen LogP contribution is -2.42. The van der Waals surface area contributed by atoms with Gasteiger partial charge in [0.25, 0.3) is 0 Å². The van der Waals surface area contributed by atoms with Gasteiger partial charge in [-0.05, 0) is 53.8 Å². The summed E-state index contributed by atoms with van der Waals surface area (Å²) >= 11 is 4.42. The van der Waals surface area contributed by atoms with Gasteiger partial charge in [-0.3, -0.25) is 19.3 Å². The van der Waals surface area contributed by atoms with Crippen LogP contribution < -0.4 is 9.77 Å². The minimum absolute atomic E-state index is 0.0162. The molecule has 0 spiro atoms. The van der Waals surface area contributed by atoms with Crippen molar-refractivity contribution in [3.63, 3.8) is 0 Å². The minimum atomic E-state index is -4.56. The summed E-state index contributed by atoms with van der Waals surface area (Å²) in [4.78, 5) is 45.4. The average Bonchev–Trinajstić information content (AvgIpc) is 3.61. The van der Waals surface area contributed by atoms with Crippen LogP contribution in [-0.4, -0.2) is 22.0 Å². The molecule has 4 heterocycles. The third-order valence-electron chi connectivity index (χ3n) is 8.01. The number of carbonyl (C=O) groups is 2. The summed E-state index contributed by atoms with van der Waals surface area (Å²) in [6.07, 6.45) is -3.82. The lowest BCUT2D eigenvalue weighted by molar-refractivity contribution is -0.137. The molecule has 0 radical (unpaired) electrons. The highest BCUT2D eigenvalue weighted by molar-refractivity contribution is 8.00. The van der Waals surface area contributed by atoms with Gasteiger partial charge < -0.3 is 4.98 Å². The Morgan fingerprint density at radius 1 is 1.00 bits per heavy atom. The number of benzene rings is 1. The Labute approximate surface area is 209 Å². The third kappa shape index (κ3) is 2.97. The van der Waals surface area contributed by atoms with Crippen molar-refractivity contribution in [2.45, 2.75) is 28.8 Å². The van der Waals surface area contributed by atoms with Crippen molar-refractivity contribution in [1.29, 1.82) is 0 Å². The van der Waals surface area contributed by atoms with E-state index in [9.17, 15) is 27.6 Å². The molecule has 7 atom stereocenters. The molecule has 5 nitrogen and oxygen atoms in total. The molecule has 3 aromatic rings. The van der Waals surface area contributed by atoms with Gasteiger partial charge in [0, 0.05) is 20.9 Å². The molecular weight excluding hydrogens is 517 g/mol. The topological polar surface area (TPSA) is 70.2 Å². The van der Waals surface area contributed by atoms with Crippen LogP contribution in [0, 0.1) is 29.6 Å². The van der Waals surface area contributed by atoms with Crippen LogP contribution in [0.3, 0.4) is 0 Å². The number of thiazole rings is 1. The molecule has 2 aliphatic heterocycles. The van der Waals surface area contributed by atoms with Gasteiger partial charge in [-0.25, -0.2) is 0 Å². The van der Waals surface area contributed by atoms with E-state index < -0.39 is 35.4 Å². The summed E-state index contributed by atoms with van der Waals surface area (Å²) < 4.78 is 39.9. The Morgan fingerprint density at radius 2 is 1.77 bits per heavy atom. The number of alkyl halides is 3. The number of imide groups is 1. The van der Waals surface area contributed by atoms with Crippen LogP contribution in [0.25, 0.3) is 0 Å². The average molecular weight is 535 g/mol. The number of hydrogen-bond acceptors (Lipinski definition) is 6. The number of H-pyrrole nitrogens is 1. The maximum atomic E-state index is 13.6. The van der Waals surface area contributed by atoms with Crippen LogP contribution in [0.5, 0.6) is 0 Å². The molecule has 35 heavy (non-hydrogen) atoms. The molecule has 0 unspecified atom stereocenters. The minimum Gasteiger partial charge on any atom is -0.307 e. The molecule has 180 valence electrons. The van der Waals surface area contributed by atoms with E-state index in [1.54, 1.807) is 23.1 Å². The van der Waals surface area contributed by atoms with E-state index in [0.717, 1.165) is 38.2 Å². The zero-order valence-corrected chi connectivity index (χ0v) is 20.3. The Bertz CT molecular complexity index is 1430. The van der Waals surface area contributed by atoms with Crippen LogP contribution >= 0.6 is 34.4 Å². The second kappa shape index (κ2) is 7.33. The lowest BCUT2D eigenvalue weighted by atomic mass is 9.69. The molecule has 2 aromatic heterocycles. The third-order valence-corrected chi connectivity index (χ3v) is 11.5. The lowest BCUT2D eigenvalue weighted by Gasteiger charge is -2.42.